The van der Waals surface area contributed by atoms with Crippen molar-refractivity contribution in [2.75, 3.05) is 18.4 Å². The lowest BCUT2D eigenvalue weighted by Crippen LogP contribution is -2.46. The second-order valence-electron chi connectivity index (χ2n) is 5.45. The summed E-state index contributed by atoms with van der Waals surface area (Å²) in [6, 6.07) is 12.7. The fourth-order valence-corrected chi connectivity index (χ4v) is 2.71. The first-order chi connectivity index (χ1) is 10.6. The van der Waals surface area contributed by atoms with Gasteiger partial charge in [-0.1, -0.05) is 29.8 Å². The Hall–Kier alpha value is -1.62. The van der Waals surface area contributed by atoms with Crippen molar-refractivity contribution in [1.82, 2.24) is 5.32 Å². The van der Waals surface area contributed by atoms with Gasteiger partial charge in [0.1, 0.15) is 12.0 Å². The van der Waals surface area contributed by atoms with Crippen LogP contribution in [0.4, 0.5) is 10.1 Å². The zero-order chi connectivity index (χ0) is 15.5. The number of hydrogen-bond acceptors (Lipinski definition) is 3. The Balaban J connectivity index is 1.78. The number of ether oxygens (including phenoxy) is 1. The summed E-state index contributed by atoms with van der Waals surface area (Å²) in [6.45, 7) is 3.67. The molecule has 1 fully saturated rings. The molecule has 2 aromatic rings. The topological polar surface area (TPSA) is 33.3 Å². The minimum Gasteiger partial charge on any atom is -0.359 e. The predicted molar refractivity (Wildman–Crippen MR) is 87.7 cm³/mol. The average molecular weight is 321 g/mol. The second-order valence-corrected chi connectivity index (χ2v) is 5.85. The highest BCUT2D eigenvalue weighted by Crippen LogP contribution is 2.27. The third-order valence-electron chi connectivity index (χ3n) is 3.60. The lowest BCUT2D eigenvalue weighted by Gasteiger charge is -2.30. The quantitative estimate of drug-likeness (QED) is 0.900. The molecule has 0 radical (unpaired) electrons. The molecule has 2 aromatic carbocycles. The molecule has 0 spiro atoms. The Morgan fingerprint density at radius 2 is 2.00 bits per heavy atom. The van der Waals surface area contributed by atoms with Crippen LogP contribution in [0.15, 0.2) is 42.5 Å². The van der Waals surface area contributed by atoms with E-state index in [1.807, 2.05) is 31.2 Å². The summed E-state index contributed by atoms with van der Waals surface area (Å²) in [5.74, 6) is -0.407. The van der Waals surface area contributed by atoms with Gasteiger partial charge in [-0.15, -0.1) is 0 Å². The van der Waals surface area contributed by atoms with E-state index in [4.69, 9.17) is 16.3 Å². The van der Waals surface area contributed by atoms with Crippen LogP contribution in [0.5, 0.6) is 0 Å². The van der Waals surface area contributed by atoms with Crippen molar-refractivity contribution in [1.29, 1.82) is 0 Å². The van der Waals surface area contributed by atoms with Gasteiger partial charge < -0.3 is 15.4 Å². The van der Waals surface area contributed by atoms with Crippen LogP contribution in [0.3, 0.4) is 0 Å². The van der Waals surface area contributed by atoms with Crippen molar-refractivity contribution >= 4 is 17.3 Å². The monoisotopic (exact) mass is 320 g/mol. The van der Waals surface area contributed by atoms with E-state index in [2.05, 4.69) is 10.6 Å². The molecule has 3 rings (SSSR count). The van der Waals surface area contributed by atoms with Gasteiger partial charge in [-0.25, -0.2) is 4.39 Å². The standard InChI is InChI=1S/C17H18ClFN2O/c1-11-9-20-10-17(22-11)21-14-4-2-3-12(7-14)13-5-6-16(19)15(18)8-13/h2-8,11,17,20-21H,9-10H2,1H3. The molecule has 22 heavy (non-hydrogen) atoms. The second kappa shape index (κ2) is 6.65. The number of anilines is 1. The van der Waals surface area contributed by atoms with E-state index in [-0.39, 0.29) is 17.4 Å². The van der Waals surface area contributed by atoms with E-state index >= 15 is 0 Å². The van der Waals surface area contributed by atoms with E-state index < -0.39 is 5.82 Å². The smallest absolute Gasteiger partial charge is 0.141 e. The van der Waals surface area contributed by atoms with Gasteiger partial charge in [0.25, 0.3) is 0 Å². The van der Waals surface area contributed by atoms with Crippen LogP contribution in [-0.4, -0.2) is 25.4 Å². The summed E-state index contributed by atoms with van der Waals surface area (Å²) in [6.07, 6.45) is 0.126. The van der Waals surface area contributed by atoms with Gasteiger partial charge in [0.2, 0.25) is 0 Å². The van der Waals surface area contributed by atoms with Crippen LogP contribution in [0, 0.1) is 5.82 Å². The molecule has 0 aliphatic carbocycles. The first-order valence-corrected chi connectivity index (χ1v) is 7.68. The van der Waals surface area contributed by atoms with E-state index in [0.29, 0.717) is 0 Å². The molecule has 1 heterocycles. The Morgan fingerprint density at radius 1 is 1.18 bits per heavy atom. The fraction of sp³-hybridized carbons (Fsp3) is 0.294. The van der Waals surface area contributed by atoms with E-state index in [1.54, 1.807) is 12.1 Å². The van der Waals surface area contributed by atoms with Crippen LogP contribution in [0.25, 0.3) is 11.1 Å². The number of hydrogen-bond donors (Lipinski definition) is 2. The molecule has 5 heteroatoms. The molecule has 1 aliphatic rings. The van der Waals surface area contributed by atoms with Crippen molar-refractivity contribution in [2.24, 2.45) is 0 Å². The van der Waals surface area contributed by atoms with Gasteiger partial charge in [0.15, 0.2) is 0 Å². The van der Waals surface area contributed by atoms with Crippen molar-refractivity contribution < 1.29 is 9.13 Å². The lowest BCUT2D eigenvalue weighted by atomic mass is 10.1. The first-order valence-electron chi connectivity index (χ1n) is 7.30. The summed E-state index contributed by atoms with van der Waals surface area (Å²) in [7, 11) is 0. The lowest BCUT2D eigenvalue weighted by molar-refractivity contribution is -0.0116. The molecule has 0 saturated carbocycles. The van der Waals surface area contributed by atoms with Gasteiger partial charge in [-0.2, -0.15) is 0 Å². The Labute approximate surface area is 134 Å². The SMILES string of the molecule is CC1CNCC(Nc2cccc(-c3ccc(F)c(Cl)c3)c2)O1. The molecule has 0 aromatic heterocycles. The Morgan fingerprint density at radius 3 is 2.77 bits per heavy atom. The third-order valence-corrected chi connectivity index (χ3v) is 3.89. The average Bonchev–Trinajstić information content (AvgIpc) is 2.50. The number of rotatable bonds is 3. The first kappa shape index (κ1) is 15.3. The number of nitrogens with one attached hydrogen (secondary N) is 2. The van der Waals surface area contributed by atoms with Crippen LogP contribution >= 0.6 is 11.6 Å². The van der Waals surface area contributed by atoms with Crippen molar-refractivity contribution in [3.05, 3.63) is 53.3 Å². The maximum Gasteiger partial charge on any atom is 0.141 e. The van der Waals surface area contributed by atoms with Gasteiger partial charge >= 0.3 is 0 Å². The molecule has 2 unspecified atom stereocenters. The highest BCUT2D eigenvalue weighted by molar-refractivity contribution is 6.31. The van der Waals surface area contributed by atoms with E-state index in [1.165, 1.54) is 6.07 Å². The highest BCUT2D eigenvalue weighted by Gasteiger charge is 2.18. The Bertz CT molecular complexity index is 665. The van der Waals surface area contributed by atoms with Crippen LogP contribution in [0.1, 0.15) is 6.92 Å². The number of morpholine rings is 1. The minimum absolute atomic E-state index is 0.0594. The van der Waals surface area contributed by atoms with Crippen LogP contribution < -0.4 is 10.6 Å². The Kier molecular flexibility index (Phi) is 4.62. The normalized spacial score (nSPS) is 21.6. The predicted octanol–water partition coefficient (Wildman–Crippen LogP) is 3.89. The largest absolute Gasteiger partial charge is 0.359 e. The van der Waals surface area contributed by atoms with Gasteiger partial charge in [-0.05, 0) is 42.3 Å². The zero-order valence-corrected chi connectivity index (χ0v) is 13.0. The highest BCUT2D eigenvalue weighted by atomic mass is 35.5. The van der Waals surface area contributed by atoms with Crippen LogP contribution in [0.2, 0.25) is 5.02 Å². The van der Waals surface area contributed by atoms with E-state index in [0.717, 1.165) is 29.9 Å². The van der Waals surface area contributed by atoms with Gasteiger partial charge in [-0.3, -0.25) is 0 Å². The molecular formula is C17H18ClFN2O. The molecule has 1 saturated heterocycles. The fourth-order valence-electron chi connectivity index (χ4n) is 2.53. The van der Waals surface area contributed by atoms with E-state index in [9.17, 15) is 4.39 Å². The maximum absolute atomic E-state index is 13.3. The van der Waals surface area contributed by atoms with Crippen molar-refractivity contribution in [3.63, 3.8) is 0 Å². The third kappa shape index (κ3) is 3.58. The van der Waals surface area contributed by atoms with Gasteiger partial charge in [0, 0.05) is 18.8 Å². The summed E-state index contributed by atoms with van der Waals surface area (Å²) in [5, 5.41) is 6.80. The molecule has 0 amide bonds. The number of benzene rings is 2. The van der Waals surface area contributed by atoms with Crippen molar-refractivity contribution in [2.45, 2.75) is 19.3 Å². The maximum atomic E-state index is 13.3. The molecule has 1 aliphatic heterocycles. The minimum atomic E-state index is -0.407. The molecular weight excluding hydrogens is 303 g/mol. The summed E-state index contributed by atoms with van der Waals surface area (Å²) in [4.78, 5) is 0. The number of halogens is 2. The summed E-state index contributed by atoms with van der Waals surface area (Å²) < 4.78 is 19.1. The molecule has 2 atom stereocenters. The summed E-state index contributed by atoms with van der Waals surface area (Å²) >= 11 is 5.86. The van der Waals surface area contributed by atoms with Crippen molar-refractivity contribution in [3.8, 4) is 11.1 Å². The summed E-state index contributed by atoms with van der Waals surface area (Å²) in [5.41, 5.74) is 2.81. The van der Waals surface area contributed by atoms with Gasteiger partial charge in [0.05, 0.1) is 11.1 Å². The van der Waals surface area contributed by atoms with Crippen LogP contribution in [-0.2, 0) is 4.74 Å². The molecule has 3 nitrogen and oxygen atoms in total. The molecule has 116 valence electrons. The zero-order valence-electron chi connectivity index (χ0n) is 12.3. The molecule has 2 N–H and O–H groups in total. The molecule has 0 bridgehead atoms.